The Kier molecular flexibility index (Phi) is 9.81. The van der Waals surface area contributed by atoms with Crippen molar-refractivity contribution in [3.63, 3.8) is 0 Å². The summed E-state index contributed by atoms with van der Waals surface area (Å²) < 4.78 is 10.7. The molecule has 1 aromatic heterocycles. The molecule has 0 unspecified atom stereocenters. The van der Waals surface area contributed by atoms with Crippen molar-refractivity contribution in [1.29, 1.82) is 0 Å². The van der Waals surface area contributed by atoms with Crippen LogP contribution in [0.25, 0.3) is 11.5 Å². The number of benzene rings is 1. The van der Waals surface area contributed by atoms with Gasteiger partial charge in [-0.2, -0.15) is 0 Å². The maximum absolute atomic E-state index is 12.0. The van der Waals surface area contributed by atoms with Crippen molar-refractivity contribution in [3.05, 3.63) is 24.3 Å². The van der Waals surface area contributed by atoms with Gasteiger partial charge in [-0.3, -0.25) is 14.4 Å². The number of hydrogen-bond acceptors (Lipinski definition) is 8. The first-order valence-electron chi connectivity index (χ1n) is 9.34. The van der Waals surface area contributed by atoms with Gasteiger partial charge in [0.2, 0.25) is 23.6 Å². The normalized spacial score (nSPS) is 10.5. The first-order chi connectivity index (χ1) is 14.5. The zero-order valence-electron chi connectivity index (χ0n) is 16.9. The van der Waals surface area contributed by atoms with Gasteiger partial charge in [0.15, 0.2) is 0 Å². The number of nitrogens with one attached hydrogen (secondary N) is 3. The molecule has 162 valence electrons. The van der Waals surface area contributed by atoms with Gasteiger partial charge in [0.05, 0.1) is 13.2 Å². The number of aromatic nitrogens is 2. The molecule has 0 spiro atoms. The Hall–Kier alpha value is -2.92. The standard InChI is InChI=1S/C19H25N5O5S/c1-13(25)20-9-11-28-12-10-21-16(26)7-8-17(27)22-15-5-3-14(4-6-15)18-23-24-19(29-18)30-2/h3-6H,7-12H2,1-2H3,(H,20,25)(H,21,26)(H,22,27). The maximum Gasteiger partial charge on any atom is 0.276 e. The summed E-state index contributed by atoms with van der Waals surface area (Å²) in [5.41, 5.74) is 1.36. The lowest BCUT2D eigenvalue weighted by Gasteiger charge is -2.08. The number of amides is 3. The highest BCUT2D eigenvalue weighted by Crippen LogP contribution is 2.23. The number of thioether (sulfide) groups is 1. The third-order valence-corrected chi connectivity index (χ3v) is 4.28. The van der Waals surface area contributed by atoms with Gasteiger partial charge in [0, 0.05) is 44.1 Å². The van der Waals surface area contributed by atoms with Crippen molar-refractivity contribution in [2.24, 2.45) is 0 Å². The molecule has 0 aliphatic rings. The van der Waals surface area contributed by atoms with Crippen LogP contribution in [-0.2, 0) is 19.1 Å². The lowest BCUT2D eigenvalue weighted by molar-refractivity contribution is -0.124. The van der Waals surface area contributed by atoms with E-state index in [0.29, 0.717) is 43.1 Å². The minimum Gasteiger partial charge on any atom is -0.411 e. The monoisotopic (exact) mass is 435 g/mol. The van der Waals surface area contributed by atoms with Crippen molar-refractivity contribution in [3.8, 4) is 11.5 Å². The van der Waals surface area contributed by atoms with Gasteiger partial charge in [0.25, 0.3) is 5.22 Å². The van der Waals surface area contributed by atoms with Crippen molar-refractivity contribution in [1.82, 2.24) is 20.8 Å². The first-order valence-corrected chi connectivity index (χ1v) is 10.6. The minimum atomic E-state index is -0.257. The van der Waals surface area contributed by atoms with Crippen LogP contribution in [0.15, 0.2) is 33.9 Å². The van der Waals surface area contributed by atoms with E-state index in [9.17, 15) is 14.4 Å². The van der Waals surface area contributed by atoms with E-state index in [1.165, 1.54) is 18.7 Å². The van der Waals surface area contributed by atoms with Gasteiger partial charge in [-0.05, 0) is 30.5 Å². The van der Waals surface area contributed by atoms with E-state index < -0.39 is 0 Å². The van der Waals surface area contributed by atoms with E-state index in [0.717, 1.165) is 5.56 Å². The van der Waals surface area contributed by atoms with E-state index in [1.54, 1.807) is 24.3 Å². The van der Waals surface area contributed by atoms with Crippen molar-refractivity contribution >= 4 is 35.2 Å². The Morgan fingerprint density at radius 1 is 1.00 bits per heavy atom. The van der Waals surface area contributed by atoms with Gasteiger partial charge >= 0.3 is 0 Å². The number of nitrogens with zero attached hydrogens (tertiary/aromatic N) is 2. The lowest BCUT2D eigenvalue weighted by Crippen LogP contribution is -2.29. The van der Waals surface area contributed by atoms with Gasteiger partial charge < -0.3 is 25.1 Å². The second-order valence-electron chi connectivity index (χ2n) is 6.15. The summed E-state index contributed by atoms with van der Waals surface area (Å²) in [6.07, 6.45) is 1.99. The van der Waals surface area contributed by atoms with Crippen LogP contribution in [-0.4, -0.2) is 60.5 Å². The highest BCUT2D eigenvalue weighted by molar-refractivity contribution is 7.98. The molecule has 0 bridgehead atoms. The molecule has 2 aromatic rings. The molecule has 0 atom stereocenters. The molecule has 0 saturated carbocycles. The molecule has 11 heteroatoms. The number of anilines is 1. The average molecular weight is 436 g/mol. The Morgan fingerprint density at radius 2 is 1.67 bits per heavy atom. The summed E-state index contributed by atoms with van der Waals surface area (Å²) in [7, 11) is 0. The van der Waals surface area contributed by atoms with Crippen LogP contribution >= 0.6 is 11.8 Å². The molecule has 30 heavy (non-hydrogen) atoms. The maximum atomic E-state index is 12.0. The van der Waals surface area contributed by atoms with Gasteiger partial charge in [-0.25, -0.2) is 0 Å². The van der Waals surface area contributed by atoms with Crippen molar-refractivity contribution < 1.29 is 23.5 Å². The molecule has 0 aliphatic carbocycles. The number of hydrogen-bond donors (Lipinski definition) is 3. The molecule has 0 aliphatic heterocycles. The SMILES string of the molecule is CSc1nnc(-c2ccc(NC(=O)CCC(=O)NCCOCCNC(C)=O)cc2)o1. The number of rotatable bonds is 12. The third kappa shape index (κ3) is 8.62. The lowest BCUT2D eigenvalue weighted by atomic mass is 10.2. The van der Waals surface area contributed by atoms with Crippen LogP contribution in [0.2, 0.25) is 0 Å². The fourth-order valence-electron chi connectivity index (χ4n) is 2.31. The predicted octanol–water partition coefficient (Wildman–Crippen LogP) is 1.45. The topological polar surface area (TPSA) is 135 Å². The number of ether oxygens (including phenoxy) is 1. The molecule has 1 aromatic carbocycles. The molecular weight excluding hydrogens is 410 g/mol. The first kappa shape index (κ1) is 23.4. The molecule has 2 rings (SSSR count). The summed E-state index contributed by atoms with van der Waals surface area (Å²) in [4.78, 5) is 34.5. The second kappa shape index (κ2) is 12.6. The molecule has 3 N–H and O–H groups in total. The van der Waals surface area contributed by atoms with Crippen LogP contribution in [0.3, 0.4) is 0 Å². The zero-order valence-corrected chi connectivity index (χ0v) is 17.7. The Balaban J connectivity index is 1.62. The molecule has 0 radical (unpaired) electrons. The fraction of sp³-hybridized carbons (Fsp3) is 0.421. The van der Waals surface area contributed by atoms with E-state index in [2.05, 4.69) is 26.1 Å². The van der Waals surface area contributed by atoms with E-state index in [1.807, 2.05) is 6.26 Å². The summed E-state index contributed by atoms with van der Waals surface area (Å²) >= 11 is 1.36. The van der Waals surface area contributed by atoms with E-state index in [4.69, 9.17) is 9.15 Å². The van der Waals surface area contributed by atoms with Crippen LogP contribution in [0.5, 0.6) is 0 Å². The third-order valence-electron chi connectivity index (χ3n) is 3.76. The summed E-state index contributed by atoms with van der Waals surface area (Å²) in [6.45, 7) is 2.92. The molecule has 0 fully saturated rings. The smallest absolute Gasteiger partial charge is 0.276 e. The number of carbonyl (C=O) groups is 3. The van der Waals surface area contributed by atoms with Crippen LogP contribution in [0, 0.1) is 0 Å². The Bertz CT molecular complexity index is 840. The van der Waals surface area contributed by atoms with E-state index in [-0.39, 0.29) is 30.6 Å². The highest BCUT2D eigenvalue weighted by Gasteiger charge is 2.10. The average Bonchev–Trinajstić information content (AvgIpc) is 3.21. The minimum absolute atomic E-state index is 0.0672. The molecule has 3 amide bonds. The van der Waals surface area contributed by atoms with Crippen LogP contribution in [0.4, 0.5) is 5.69 Å². The van der Waals surface area contributed by atoms with Gasteiger partial charge in [-0.15, -0.1) is 10.2 Å². The van der Waals surface area contributed by atoms with Gasteiger partial charge in [-0.1, -0.05) is 11.8 Å². The summed E-state index contributed by atoms with van der Waals surface area (Å²) in [6, 6.07) is 7.00. The summed E-state index contributed by atoms with van der Waals surface area (Å²) in [5, 5.41) is 16.3. The molecule has 10 nitrogen and oxygen atoms in total. The molecule has 0 saturated heterocycles. The van der Waals surface area contributed by atoms with Crippen molar-refractivity contribution in [2.75, 3.05) is 37.9 Å². The largest absolute Gasteiger partial charge is 0.411 e. The second-order valence-corrected chi connectivity index (χ2v) is 6.91. The fourth-order valence-corrected chi connectivity index (χ4v) is 2.59. The van der Waals surface area contributed by atoms with E-state index >= 15 is 0 Å². The Morgan fingerprint density at radius 3 is 2.30 bits per heavy atom. The van der Waals surface area contributed by atoms with Crippen LogP contribution in [0.1, 0.15) is 19.8 Å². The number of carbonyl (C=O) groups excluding carboxylic acids is 3. The zero-order chi connectivity index (χ0) is 21.8. The van der Waals surface area contributed by atoms with Gasteiger partial charge in [0.1, 0.15) is 0 Å². The summed E-state index contributed by atoms with van der Waals surface area (Å²) in [5.74, 6) is -0.190. The Labute approximate surface area is 178 Å². The quantitative estimate of drug-likeness (QED) is 0.337. The highest BCUT2D eigenvalue weighted by atomic mass is 32.2. The molecule has 1 heterocycles. The predicted molar refractivity (Wildman–Crippen MR) is 112 cm³/mol. The van der Waals surface area contributed by atoms with Crippen molar-refractivity contribution in [2.45, 2.75) is 25.0 Å². The van der Waals surface area contributed by atoms with Crippen LogP contribution < -0.4 is 16.0 Å². The molecular formula is C19H25N5O5S.